The lowest BCUT2D eigenvalue weighted by atomic mass is 9.64. The zero-order chi connectivity index (χ0) is 25.8. The summed E-state index contributed by atoms with van der Waals surface area (Å²) in [7, 11) is 1.55. The van der Waals surface area contributed by atoms with E-state index in [-0.39, 0.29) is 18.2 Å². The van der Waals surface area contributed by atoms with Gasteiger partial charge in [-0.2, -0.15) is 0 Å². The molecule has 37 heavy (non-hydrogen) atoms. The van der Waals surface area contributed by atoms with Crippen molar-refractivity contribution in [2.45, 2.75) is 56.8 Å². The number of rotatable bonds is 7. The summed E-state index contributed by atoms with van der Waals surface area (Å²) in [5.41, 5.74) is 1.92. The van der Waals surface area contributed by atoms with Gasteiger partial charge in [-0.1, -0.05) is 56.4 Å². The summed E-state index contributed by atoms with van der Waals surface area (Å²) in [6.45, 7) is 0.564. The van der Waals surface area contributed by atoms with Gasteiger partial charge in [0.15, 0.2) is 0 Å². The summed E-state index contributed by atoms with van der Waals surface area (Å²) in [6.07, 6.45) is 6.82. The number of carboxylic acids is 1. The number of methoxy groups -OCH3 is 1. The number of carbonyl (C=O) groups excluding carboxylic acids is 1. The van der Waals surface area contributed by atoms with Crippen molar-refractivity contribution in [1.82, 2.24) is 20.5 Å². The van der Waals surface area contributed by atoms with Crippen LogP contribution in [-0.2, 0) is 15.0 Å². The molecule has 0 radical (unpaired) electrons. The summed E-state index contributed by atoms with van der Waals surface area (Å²) in [4.78, 5) is 31.2. The van der Waals surface area contributed by atoms with Gasteiger partial charge in [-0.3, -0.25) is 9.59 Å². The van der Waals surface area contributed by atoms with E-state index < -0.39 is 11.4 Å². The molecule has 0 spiro atoms. The number of hydrogen-bond acceptors (Lipinski definition) is 7. The second kappa shape index (κ2) is 11.0. The normalized spacial score (nSPS) is 22.7. The van der Waals surface area contributed by atoms with Crippen molar-refractivity contribution < 1.29 is 19.4 Å². The molecule has 8 nitrogen and oxygen atoms in total. The molecule has 1 saturated heterocycles. The van der Waals surface area contributed by atoms with Gasteiger partial charge < -0.3 is 15.2 Å². The molecule has 0 unspecified atom stereocenters. The van der Waals surface area contributed by atoms with Crippen LogP contribution in [0, 0.1) is 11.8 Å². The Hall–Kier alpha value is -3.33. The number of ether oxygens (including phenoxy) is 1. The molecule has 1 saturated carbocycles. The van der Waals surface area contributed by atoms with E-state index in [1.807, 2.05) is 35.7 Å². The van der Waals surface area contributed by atoms with Crippen LogP contribution in [0.2, 0.25) is 0 Å². The lowest BCUT2D eigenvalue weighted by Crippen LogP contribution is -2.53. The zero-order valence-electron chi connectivity index (χ0n) is 21.0. The van der Waals surface area contributed by atoms with Gasteiger partial charge in [-0.05, 0) is 30.7 Å². The Morgan fingerprint density at radius 2 is 1.78 bits per heavy atom. The largest absolute Gasteiger partial charge is 0.481 e. The summed E-state index contributed by atoms with van der Waals surface area (Å²) in [5.74, 6) is -0.447. The fourth-order valence-corrected chi connectivity index (χ4v) is 7.23. The number of hydrogen-bond donors (Lipinski definition) is 2. The van der Waals surface area contributed by atoms with Crippen LogP contribution in [0.1, 0.15) is 56.4 Å². The second-order valence-corrected chi connectivity index (χ2v) is 10.8. The third kappa shape index (κ3) is 4.97. The van der Waals surface area contributed by atoms with E-state index in [1.165, 1.54) is 11.3 Å². The quantitative estimate of drug-likeness (QED) is 0.446. The van der Waals surface area contributed by atoms with E-state index in [0.29, 0.717) is 34.7 Å². The summed E-state index contributed by atoms with van der Waals surface area (Å²) >= 11 is 1.39. The molecule has 5 rings (SSSR count). The fourth-order valence-electron chi connectivity index (χ4n) is 6.15. The first kappa shape index (κ1) is 25.3. The van der Waals surface area contributed by atoms with Gasteiger partial charge in [0.1, 0.15) is 10.4 Å². The second-order valence-electron chi connectivity index (χ2n) is 9.99. The predicted molar refractivity (Wildman–Crippen MR) is 141 cm³/mol. The molecule has 1 aliphatic carbocycles. The minimum Gasteiger partial charge on any atom is -0.481 e. The number of nitrogens with one attached hydrogen (secondary N) is 1. The van der Waals surface area contributed by atoms with Crippen LogP contribution in [0.25, 0.3) is 22.5 Å². The van der Waals surface area contributed by atoms with Crippen LogP contribution in [0.3, 0.4) is 0 Å². The van der Waals surface area contributed by atoms with E-state index in [4.69, 9.17) is 9.72 Å². The Morgan fingerprint density at radius 3 is 2.46 bits per heavy atom. The maximum Gasteiger partial charge on any atom is 0.304 e. The van der Waals surface area contributed by atoms with Crippen LogP contribution in [0.4, 0.5) is 0 Å². The highest BCUT2D eigenvalue weighted by atomic mass is 32.1. The van der Waals surface area contributed by atoms with Crippen LogP contribution in [-0.4, -0.2) is 45.8 Å². The van der Waals surface area contributed by atoms with Crippen molar-refractivity contribution >= 4 is 23.2 Å². The fraction of sp³-hybridized carbons (Fsp3) is 0.464. The van der Waals surface area contributed by atoms with Gasteiger partial charge in [0.05, 0.1) is 24.9 Å². The van der Waals surface area contributed by atoms with E-state index in [9.17, 15) is 14.7 Å². The van der Waals surface area contributed by atoms with Crippen molar-refractivity contribution in [1.29, 1.82) is 0 Å². The van der Waals surface area contributed by atoms with Crippen LogP contribution in [0.15, 0.2) is 41.8 Å². The third-order valence-electron chi connectivity index (χ3n) is 7.88. The Morgan fingerprint density at radius 1 is 1.05 bits per heavy atom. The minimum atomic E-state index is -1.18. The van der Waals surface area contributed by atoms with Crippen molar-refractivity contribution in [2.75, 3.05) is 13.7 Å². The van der Waals surface area contributed by atoms with Crippen molar-refractivity contribution in [3.8, 4) is 28.4 Å². The number of carbonyl (C=O) groups is 2. The molecule has 194 valence electrons. The Labute approximate surface area is 220 Å². The highest BCUT2D eigenvalue weighted by Gasteiger charge is 2.53. The monoisotopic (exact) mass is 520 g/mol. The molecule has 1 amide bonds. The number of nitrogens with zero attached hydrogens (tertiary/aromatic N) is 3. The van der Waals surface area contributed by atoms with Gasteiger partial charge in [-0.15, -0.1) is 21.5 Å². The lowest BCUT2D eigenvalue weighted by molar-refractivity contribution is -0.145. The van der Waals surface area contributed by atoms with Gasteiger partial charge in [0.2, 0.25) is 11.8 Å². The third-order valence-corrected chi connectivity index (χ3v) is 8.90. The first-order valence-electron chi connectivity index (χ1n) is 13.0. The molecule has 3 aromatic rings. The first-order valence-corrected chi connectivity index (χ1v) is 13.8. The molecule has 2 N–H and O–H groups in total. The molecule has 2 aliphatic rings. The summed E-state index contributed by atoms with van der Waals surface area (Å²) in [6, 6.07) is 11.4. The first-order chi connectivity index (χ1) is 18.0. The van der Waals surface area contributed by atoms with Crippen LogP contribution >= 0.6 is 11.3 Å². The minimum absolute atomic E-state index is 0.0481. The number of aromatic nitrogens is 3. The maximum atomic E-state index is 13.8. The molecule has 2 aromatic heterocycles. The Kier molecular flexibility index (Phi) is 7.50. The van der Waals surface area contributed by atoms with Gasteiger partial charge >= 0.3 is 5.97 Å². The number of amides is 1. The highest BCUT2D eigenvalue weighted by Crippen LogP contribution is 2.50. The Balaban J connectivity index is 1.61. The lowest BCUT2D eigenvalue weighted by Gasteiger charge is -2.41. The SMILES string of the molecule is COc1ccc(-c2ccccc2-c2csc([C@]3(CC(=O)O)C(=O)NCCCC[C@@H]3C3CCCC3)n2)nn1. The Bertz CT molecular complexity index is 1260. The molecule has 9 heteroatoms. The molecule has 3 heterocycles. The van der Waals surface area contributed by atoms with Gasteiger partial charge in [-0.25, -0.2) is 4.98 Å². The summed E-state index contributed by atoms with van der Waals surface area (Å²) in [5, 5.41) is 24.1. The highest BCUT2D eigenvalue weighted by molar-refractivity contribution is 7.10. The number of benzene rings is 1. The number of thiazole rings is 1. The molecular formula is C28H32N4O4S. The summed E-state index contributed by atoms with van der Waals surface area (Å²) < 4.78 is 5.14. The molecule has 2 fully saturated rings. The van der Waals surface area contributed by atoms with E-state index >= 15 is 0 Å². The van der Waals surface area contributed by atoms with Gasteiger partial charge in [0, 0.05) is 29.1 Å². The van der Waals surface area contributed by atoms with Crippen molar-refractivity contribution in [3.63, 3.8) is 0 Å². The topological polar surface area (TPSA) is 114 Å². The number of carboxylic acid groups (broad SMARTS) is 1. The predicted octanol–water partition coefficient (Wildman–Crippen LogP) is 5.09. The smallest absolute Gasteiger partial charge is 0.304 e. The standard InChI is InChI=1S/C28H32N4O4S/c1-36-24-14-13-22(31-32-24)19-10-4-5-11-20(19)23-17-37-27(30-23)28(16-25(33)34)21(18-8-2-3-9-18)12-6-7-15-29-26(28)35/h4-5,10-11,13-14,17-18,21H,2-3,6-9,12,15-16H2,1H3,(H,29,35)(H,33,34)/t21-,28+/m1/s1. The van der Waals surface area contributed by atoms with Gasteiger partial charge in [0.25, 0.3) is 0 Å². The zero-order valence-corrected chi connectivity index (χ0v) is 21.8. The van der Waals surface area contributed by atoms with Crippen LogP contribution < -0.4 is 10.1 Å². The number of aliphatic carboxylic acids is 1. The van der Waals surface area contributed by atoms with Crippen molar-refractivity contribution in [3.05, 3.63) is 46.8 Å². The van der Waals surface area contributed by atoms with E-state index in [1.54, 1.807) is 13.2 Å². The molecule has 1 aromatic carbocycles. The average molecular weight is 521 g/mol. The molecule has 0 bridgehead atoms. The average Bonchev–Trinajstić information content (AvgIpc) is 3.62. The van der Waals surface area contributed by atoms with Crippen LogP contribution in [0.5, 0.6) is 5.88 Å². The maximum absolute atomic E-state index is 13.8. The van der Waals surface area contributed by atoms with Crippen molar-refractivity contribution in [2.24, 2.45) is 11.8 Å². The van der Waals surface area contributed by atoms with E-state index in [0.717, 1.165) is 56.1 Å². The molecule has 1 aliphatic heterocycles. The molecule has 2 atom stereocenters. The molecular weight excluding hydrogens is 488 g/mol. The van der Waals surface area contributed by atoms with E-state index in [2.05, 4.69) is 15.5 Å².